The van der Waals surface area contributed by atoms with Crippen LogP contribution in [0.5, 0.6) is 0 Å². The van der Waals surface area contributed by atoms with Gasteiger partial charge in [0, 0.05) is 11.8 Å². The molecule has 0 aliphatic carbocycles. The minimum atomic E-state index is -3.31. The molecule has 0 aliphatic heterocycles. The van der Waals surface area contributed by atoms with Gasteiger partial charge in [-0.3, -0.25) is 4.79 Å². The molecule has 2 N–H and O–H groups in total. The fraction of sp³-hybridized carbons (Fsp3) is 0.400. The summed E-state index contributed by atoms with van der Waals surface area (Å²) in [6, 6.07) is 4.41. The quantitative estimate of drug-likeness (QED) is 0.666. The zero-order chi connectivity index (χ0) is 20.2. The average molecular weight is 423 g/mol. The molecule has 0 spiro atoms. The van der Waals surface area contributed by atoms with Crippen LogP contribution in [0.2, 0.25) is 0 Å². The molecule has 1 heterocycles. The Hall–Kier alpha value is -2.05. The van der Waals surface area contributed by atoms with Crippen LogP contribution >= 0.6 is 11.3 Å². The molecular weight excluding hydrogens is 407 g/mol. The minimum absolute atomic E-state index is 0.205. The molecule has 1 aromatic heterocycles. The molecule has 0 fully saturated rings. The molecule has 7 nitrogen and oxygen atoms in total. The number of carbonyl (C=O) groups excluding carboxylic acids is 1. The zero-order valence-electron chi connectivity index (χ0n) is 14.0. The number of carbonyl (C=O) groups is 1. The van der Waals surface area contributed by atoms with Gasteiger partial charge in [-0.1, -0.05) is 35.6 Å². The molecular formula is C15H16F3N3O4S2. The molecule has 148 valence electrons. The number of aliphatic hydroxyl groups excluding tert-OH is 1. The van der Waals surface area contributed by atoms with Crippen molar-refractivity contribution >= 4 is 27.1 Å². The van der Waals surface area contributed by atoms with Gasteiger partial charge in [0.2, 0.25) is 0 Å². The van der Waals surface area contributed by atoms with E-state index in [1.807, 2.05) is 0 Å². The number of aromatic nitrogens is 2. The molecule has 0 radical (unpaired) electrons. The molecule has 2 rings (SSSR count). The lowest BCUT2D eigenvalue weighted by Crippen LogP contribution is -2.43. The number of hydrogen-bond donors (Lipinski definition) is 2. The van der Waals surface area contributed by atoms with Crippen molar-refractivity contribution in [2.45, 2.75) is 24.3 Å². The van der Waals surface area contributed by atoms with Gasteiger partial charge in [0.1, 0.15) is 28.5 Å². The summed E-state index contributed by atoms with van der Waals surface area (Å²) in [5, 5.41) is 20.3. The third-order valence-electron chi connectivity index (χ3n) is 3.42. The van der Waals surface area contributed by atoms with Crippen molar-refractivity contribution in [2.24, 2.45) is 0 Å². The normalized spacial score (nSPS) is 14.1. The first-order chi connectivity index (χ1) is 12.6. The summed E-state index contributed by atoms with van der Waals surface area (Å²) in [4.78, 5) is 11.0. The van der Waals surface area contributed by atoms with Gasteiger partial charge in [-0.2, -0.15) is 8.78 Å². The van der Waals surface area contributed by atoms with E-state index < -0.39 is 41.0 Å². The van der Waals surface area contributed by atoms with E-state index in [1.54, 1.807) is 5.32 Å². The lowest BCUT2D eigenvalue weighted by atomic mass is 10.0. The van der Waals surface area contributed by atoms with Crippen LogP contribution in [-0.2, 0) is 20.4 Å². The molecule has 0 saturated carbocycles. The largest absolute Gasteiger partial charge is 0.386 e. The lowest BCUT2D eigenvalue weighted by Gasteiger charge is -2.21. The predicted octanol–water partition coefficient (Wildman–Crippen LogP) is 1.50. The molecule has 2 aromatic rings. The highest BCUT2D eigenvalue weighted by atomic mass is 32.2. The second kappa shape index (κ2) is 8.76. The second-order valence-corrected chi connectivity index (χ2v) is 8.91. The number of rotatable bonds is 8. The third-order valence-corrected chi connectivity index (χ3v) is 5.38. The third kappa shape index (κ3) is 5.97. The molecule has 12 heteroatoms. The van der Waals surface area contributed by atoms with Gasteiger partial charge in [-0.15, -0.1) is 10.2 Å². The Kier molecular flexibility index (Phi) is 6.89. The van der Waals surface area contributed by atoms with E-state index in [2.05, 4.69) is 10.2 Å². The fourth-order valence-electron chi connectivity index (χ4n) is 2.16. The van der Waals surface area contributed by atoms with Crippen molar-refractivity contribution in [3.8, 4) is 10.6 Å². The van der Waals surface area contributed by atoms with E-state index >= 15 is 0 Å². The smallest absolute Gasteiger partial charge is 0.315 e. The number of aliphatic hydroxyl groups is 1. The Morgan fingerprint density at radius 3 is 2.41 bits per heavy atom. The molecule has 1 amide bonds. The maximum absolute atomic E-state index is 13.0. The Balaban J connectivity index is 2.13. The van der Waals surface area contributed by atoms with Crippen molar-refractivity contribution in [3.63, 3.8) is 0 Å². The summed E-state index contributed by atoms with van der Waals surface area (Å²) >= 11 is 1.09. The summed E-state index contributed by atoms with van der Waals surface area (Å²) in [6.45, 7) is -1.23. The van der Waals surface area contributed by atoms with E-state index in [1.165, 1.54) is 24.3 Å². The summed E-state index contributed by atoms with van der Waals surface area (Å²) in [7, 11) is -3.24. The fourth-order valence-corrected chi connectivity index (χ4v) is 4.18. The van der Waals surface area contributed by atoms with Gasteiger partial charge < -0.3 is 10.4 Å². The van der Waals surface area contributed by atoms with Gasteiger partial charge in [0.15, 0.2) is 9.84 Å². The number of sulfone groups is 1. The van der Waals surface area contributed by atoms with Crippen molar-refractivity contribution < 1.29 is 31.5 Å². The van der Waals surface area contributed by atoms with Crippen molar-refractivity contribution in [2.75, 3.05) is 12.9 Å². The Morgan fingerprint density at radius 2 is 1.89 bits per heavy atom. The van der Waals surface area contributed by atoms with E-state index in [0.29, 0.717) is 15.6 Å². The second-order valence-electron chi connectivity index (χ2n) is 5.71. The Morgan fingerprint density at radius 1 is 1.26 bits per heavy atom. The minimum Gasteiger partial charge on any atom is -0.386 e. The first-order valence-corrected chi connectivity index (χ1v) is 10.4. The van der Waals surface area contributed by atoms with Crippen LogP contribution in [0.3, 0.4) is 0 Å². The SMILES string of the molecule is CS(=O)(=O)Cc1nnc(-c2ccc([C@H](O)[C@@H](CF)NC(=O)C(F)F)cc2)s1. The predicted molar refractivity (Wildman–Crippen MR) is 92.8 cm³/mol. The standard InChI is InChI=1S/C15H16F3N3O4S2/c1-27(24,25)7-11-20-21-15(26-11)9-4-2-8(3-5-9)12(22)10(6-16)19-14(23)13(17)18/h2-5,10,12-13,22H,6-7H2,1H3,(H,19,23)/t10-,12+/m1/s1. The monoisotopic (exact) mass is 423 g/mol. The number of benzene rings is 1. The molecule has 1 aromatic carbocycles. The first-order valence-electron chi connectivity index (χ1n) is 7.53. The molecule has 0 bridgehead atoms. The van der Waals surface area contributed by atoms with E-state index in [-0.39, 0.29) is 11.3 Å². The topological polar surface area (TPSA) is 109 Å². The molecule has 27 heavy (non-hydrogen) atoms. The highest BCUT2D eigenvalue weighted by molar-refractivity contribution is 7.90. The highest BCUT2D eigenvalue weighted by Gasteiger charge is 2.26. The summed E-state index contributed by atoms with van der Waals surface area (Å²) in [5.74, 6) is -1.90. The zero-order valence-corrected chi connectivity index (χ0v) is 15.6. The van der Waals surface area contributed by atoms with E-state index in [4.69, 9.17) is 0 Å². The van der Waals surface area contributed by atoms with Crippen LogP contribution in [0.4, 0.5) is 13.2 Å². The van der Waals surface area contributed by atoms with Gasteiger partial charge in [-0.25, -0.2) is 12.8 Å². The van der Waals surface area contributed by atoms with Crippen molar-refractivity contribution in [1.29, 1.82) is 0 Å². The summed E-state index contributed by atoms with van der Waals surface area (Å²) in [5.41, 5.74) is 0.786. The van der Waals surface area contributed by atoms with E-state index in [9.17, 15) is 31.5 Å². The summed E-state index contributed by atoms with van der Waals surface area (Å²) < 4.78 is 60.1. The molecule has 2 atom stereocenters. The number of nitrogens with zero attached hydrogens (tertiary/aromatic N) is 2. The maximum atomic E-state index is 13.0. The van der Waals surface area contributed by atoms with Gasteiger partial charge in [-0.05, 0) is 5.56 Å². The van der Waals surface area contributed by atoms with Crippen LogP contribution in [0.15, 0.2) is 24.3 Å². The molecule has 0 saturated heterocycles. The van der Waals surface area contributed by atoms with Gasteiger partial charge in [0.05, 0.1) is 6.04 Å². The van der Waals surface area contributed by atoms with Crippen LogP contribution < -0.4 is 5.32 Å². The van der Waals surface area contributed by atoms with Gasteiger partial charge in [0.25, 0.3) is 5.91 Å². The van der Waals surface area contributed by atoms with Crippen LogP contribution in [-0.4, -0.2) is 55.0 Å². The Labute approximate surface area is 157 Å². The van der Waals surface area contributed by atoms with Crippen LogP contribution in [0.1, 0.15) is 16.7 Å². The number of nitrogens with one attached hydrogen (secondary N) is 1. The maximum Gasteiger partial charge on any atom is 0.315 e. The number of halogens is 3. The average Bonchev–Trinajstić information content (AvgIpc) is 3.05. The lowest BCUT2D eigenvalue weighted by molar-refractivity contribution is -0.133. The van der Waals surface area contributed by atoms with Crippen molar-refractivity contribution in [3.05, 3.63) is 34.8 Å². The summed E-state index contributed by atoms with van der Waals surface area (Å²) in [6.07, 6.45) is -3.76. The number of hydrogen-bond acceptors (Lipinski definition) is 7. The van der Waals surface area contributed by atoms with Crippen LogP contribution in [0, 0.1) is 0 Å². The van der Waals surface area contributed by atoms with E-state index in [0.717, 1.165) is 17.6 Å². The number of alkyl halides is 3. The number of amides is 1. The first kappa shape index (κ1) is 21.3. The highest BCUT2D eigenvalue weighted by Crippen LogP contribution is 2.27. The molecule has 0 aliphatic rings. The van der Waals surface area contributed by atoms with Crippen LogP contribution in [0.25, 0.3) is 10.6 Å². The Bertz CT molecular complexity index is 888. The van der Waals surface area contributed by atoms with Crippen molar-refractivity contribution in [1.82, 2.24) is 15.5 Å². The van der Waals surface area contributed by atoms with Gasteiger partial charge >= 0.3 is 6.43 Å². The molecule has 0 unspecified atom stereocenters.